The highest BCUT2D eigenvalue weighted by Crippen LogP contribution is 2.25. The van der Waals surface area contributed by atoms with Crippen molar-refractivity contribution in [1.82, 2.24) is 9.62 Å². The van der Waals surface area contributed by atoms with Crippen LogP contribution in [0.5, 0.6) is 0 Å². The molecule has 3 aromatic carbocycles. The molecule has 0 spiro atoms. The smallest absolute Gasteiger partial charge is 0.243 e. The van der Waals surface area contributed by atoms with Crippen molar-refractivity contribution in [2.24, 2.45) is 0 Å². The fraction of sp³-hybridized carbons (Fsp3) is 0.269. The van der Waals surface area contributed by atoms with Crippen molar-refractivity contribution in [3.05, 3.63) is 100 Å². The number of aryl methyl sites for hydroxylation is 2. The molecule has 0 unspecified atom stereocenters. The van der Waals surface area contributed by atoms with Crippen molar-refractivity contribution in [1.29, 1.82) is 0 Å². The topological polar surface area (TPSA) is 66.5 Å². The van der Waals surface area contributed by atoms with Gasteiger partial charge in [-0.05, 0) is 56.5 Å². The van der Waals surface area contributed by atoms with Crippen LogP contribution in [0.1, 0.15) is 30.0 Å². The van der Waals surface area contributed by atoms with Gasteiger partial charge in [0.15, 0.2) is 0 Å². The Morgan fingerprint density at radius 1 is 1.03 bits per heavy atom. The van der Waals surface area contributed by atoms with Gasteiger partial charge in [0.25, 0.3) is 0 Å². The van der Waals surface area contributed by atoms with E-state index in [0.717, 1.165) is 21.9 Å². The summed E-state index contributed by atoms with van der Waals surface area (Å²) in [6, 6.07) is 20.2. The number of carbonyl (C=O) groups is 1. The number of hydrogen-bond donors (Lipinski definition) is 1. The number of benzene rings is 3. The highest BCUT2D eigenvalue weighted by Gasteiger charge is 2.29. The van der Waals surface area contributed by atoms with Crippen LogP contribution in [0.4, 0.5) is 4.39 Å². The standard InChI is InChI=1S/C26H28ClFN2O3S/c1-19-11-15-22(16-12-19)34(32,33)30(17-23-24(27)9-6-10-25(23)28)18-26(31)29-20(2)13-14-21-7-4-3-5-8-21/h3-12,15-16,20H,13-14,17-18H2,1-2H3,(H,29,31)/t20-/m1/s1. The summed E-state index contributed by atoms with van der Waals surface area (Å²) >= 11 is 6.15. The van der Waals surface area contributed by atoms with Gasteiger partial charge in [0.1, 0.15) is 5.82 Å². The van der Waals surface area contributed by atoms with Gasteiger partial charge >= 0.3 is 0 Å². The molecule has 0 aliphatic carbocycles. The largest absolute Gasteiger partial charge is 0.352 e. The number of amides is 1. The lowest BCUT2D eigenvalue weighted by Crippen LogP contribution is -2.43. The summed E-state index contributed by atoms with van der Waals surface area (Å²) < 4.78 is 42.2. The number of nitrogens with zero attached hydrogens (tertiary/aromatic N) is 1. The Balaban J connectivity index is 1.77. The minimum atomic E-state index is -4.09. The van der Waals surface area contributed by atoms with E-state index >= 15 is 0 Å². The van der Waals surface area contributed by atoms with E-state index in [0.29, 0.717) is 6.42 Å². The van der Waals surface area contributed by atoms with Crippen LogP contribution >= 0.6 is 11.6 Å². The molecule has 5 nitrogen and oxygen atoms in total. The quantitative estimate of drug-likeness (QED) is 0.418. The predicted octanol–water partition coefficient (Wildman–Crippen LogP) is 5.12. The van der Waals surface area contributed by atoms with Gasteiger partial charge in [-0.15, -0.1) is 0 Å². The number of sulfonamides is 1. The van der Waals surface area contributed by atoms with E-state index in [-0.39, 0.29) is 28.1 Å². The van der Waals surface area contributed by atoms with E-state index in [2.05, 4.69) is 5.32 Å². The Labute approximate surface area is 205 Å². The number of carbonyl (C=O) groups excluding carboxylic acids is 1. The Bertz CT molecular complexity index is 1200. The Morgan fingerprint density at radius 3 is 2.35 bits per heavy atom. The molecule has 1 N–H and O–H groups in total. The zero-order chi connectivity index (χ0) is 24.7. The third kappa shape index (κ3) is 6.88. The first-order valence-corrected chi connectivity index (χ1v) is 12.8. The SMILES string of the molecule is Cc1ccc(S(=O)(=O)N(CC(=O)N[C@H](C)CCc2ccccc2)Cc2c(F)cccc2Cl)cc1. The average Bonchev–Trinajstić information content (AvgIpc) is 2.80. The second-order valence-electron chi connectivity index (χ2n) is 8.28. The zero-order valence-electron chi connectivity index (χ0n) is 19.2. The normalized spacial score (nSPS) is 12.5. The highest BCUT2D eigenvalue weighted by molar-refractivity contribution is 7.89. The summed E-state index contributed by atoms with van der Waals surface area (Å²) in [5.41, 5.74) is 2.07. The molecule has 0 aliphatic rings. The van der Waals surface area contributed by atoms with Crippen molar-refractivity contribution in [2.75, 3.05) is 6.54 Å². The van der Waals surface area contributed by atoms with Crippen LogP contribution in [0.2, 0.25) is 5.02 Å². The van der Waals surface area contributed by atoms with Crippen LogP contribution < -0.4 is 5.32 Å². The van der Waals surface area contributed by atoms with E-state index in [4.69, 9.17) is 11.6 Å². The summed E-state index contributed by atoms with van der Waals surface area (Å²) in [5.74, 6) is -1.10. The molecule has 1 atom stereocenters. The van der Waals surface area contributed by atoms with Gasteiger partial charge in [-0.2, -0.15) is 4.31 Å². The monoisotopic (exact) mass is 502 g/mol. The fourth-order valence-electron chi connectivity index (χ4n) is 3.53. The molecule has 0 aliphatic heterocycles. The Morgan fingerprint density at radius 2 is 1.71 bits per heavy atom. The maximum atomic E-state index is 14.5. The lowest BCUT2D eigenvalue weighted by molar-refractivity contribution is -0.122. The molecule has 0 radical (unpaired) electrons. The van der Waals surface area contributed by atoms with Gasteiger partial charge in [0, 0.05) is 23.2 Å². The summed E-state index contributed by atoms with van der Waals surface area (Å²) in [6.45, 7) is 2.88. The van der Waals surface area contributed by atoms with Gasteiger partial charge in [0.2, 0.25) is 15.9 Å². The number of hydrogen-bond acceptors (Lipinski definition) is 3. The maximum Gasteiger partial charge on any atom is 0.243 e. The number of halogens is 2. The summed E-state index contributed by atoms with van der Waals surface area (Å²) in [5, 5.41) is 2.95. The summed E-state index contributed by atoms with van der Waals surface area (Å²) in [6.07, 6.45) is 1.47. The van der Waals surface area contributed by atoms with Crippen LogP contribution in [0.3, 0.4) is 0 Å². The Kier molecular flexibility index (Phi) is 8.83. The Hall–Kier alpha value is -2.74. The predicted molar refractivity (Wildman–Crippen MR) is 133 cm³/mol. The van der Waals surface area contributed by atoms with Gasteiger partial charge in [-0.1, -0.05) is 65.7 Å². The minimum absolute atomic E-state index is 0.0183. The van der Waals surface area contributed by atoms with Crippen molar-refractivity contribution in [3.63, 3.8) is 0 Å². The second-order valence-corrected chi connectivity index (χ2v) is 10.6. The van der Waals surface area contributed by atoms with Crippen LogP contribution in [-0.2, 0) is 27.8 Å². The number of nitrogens with one attached hydrogen (secondary N) is 1. The van der Waals surface area contributed by atoms with Crippen LogP contribution in [0.25, 0.3) is 0 Å². The summed E-state index contributed by atoms with van der Waals surface area (Å²) in [7, 11) is -4.09. The molecule has 1 amide bonds. The summed E-state index contributed by atoms with van der Waals surface area (Å²) in [4.78, 5) is 12.8. The molecule has 0 aromatic heterocycles. The van der Waals surface area contributed by atoms with Gasteiger partial charge in [0.05, 0.1) is 11.4 Å². The van der Waals surface area contributed by atoms with Crippen LogP contribution in [0, 0.1) is 12.7 Å². The third-order valence-corrected chi connectivity index (χ3v) is 7.65. The molecule has 3 aromatic rings. The molecular weight excluding hydrogens is 475 g/mol. The maximum absolute atomic E-state index is 14.5. The first-order valence-electron chi connectivity index (χ1n) is 11.0. The third-order valence-electron chi connectivity index (χ3n) is 5.49. The average molecular weight is 503 g/mol. The molecule has 0 saturated carbocycles. The molecule has 180 valence electrons. The zero-order valence-corrected chi connectivity index (χ0v) is 20.7. The van der Waals surface area contributed by atoms with Crippen molar-refractivity contribution < 1.29 is 17.6 Å². The minimum Gasteiger partial charge on any atom is -0.352 e. The second kappa shape index (κ2) is 11.6. The van der Waals surface area contributed by atoms with E-state index < -0.39 is 28.3 Å². The van der Waals surface area contributed by atoms with Crippen LogP contribution in [-0.4, -0.2) is 31.2 Å². The van der Waals surface area contributed by atoms with Crippen LogP contribution in [0.15, 0.2) is 77.7 Å². The lowest BCUT2D eigenvalue weighted by Gasteiger charge is -2.24. The highest BCUT2D eigenvalue weighted by atomic mass is 35.5. The van der Waals surface area contributed by atoms with E-state index in [1.807, 2.05) is 44.2 Å². The van der Waals surface area contributed by atoms with Gasteiger partial charge < -0.3 is 5.32 Å². The first kappa shape index (κ1) is 25.9. The van der Waals surface area contributed by atoms with E-state index in [1.165, 1.54) is 30.3 Å². The van der Waals surface area contributed by atoms with Crippen molar-refractivity contribution in [3.8, 4) is 0 Å². The molecule has 3 rings (SSSR count). The molecule has 0 heterocycles. The fourth-order valence-corrected chi connectivity index (χ4v) is 5.11. The molecule has 8 heteroatoms. The lowest BCUT2D eigenvalue weighted by atomic mass is 10.1. The number of rotatable bonds is 10. The van der Waals surface area contributed by atoms with E-state index in [9.17, 15) is 17.6 Å². The molecule has 34 heavy (non-hydrogen) atoms. The molecule has 0 saturated heterocycles. The van der Waals surface area contributed by atoms with Gasteiger partial charge in [-0.3, -0.25) is 4.79 Å². The first-order chi connectivity index (χ1) is 16.2. The van der Waals surface area contributed by atoms with Gasteiger partial charge in [-0.25, -0.2) is 12.8 Å². The molecule has 0 bridgehead atoms. The van der Waals surface area contributed by atoms with E-state index in [1.54, 1.807) is 12.1 Å². The van der Waals surface area contributed by atoms with Crippen molar-refractivity contribution >= 4 is 27.5 Å². The molecular formula is C26H28ClFN2O3S. The molecule has 0 fully saturated rings. The van der Waals surface area contributed by atoms with Crippen molar-refractivity contribution in [2.45, 2.75) is 44.2 Å².